The molecule has 0 spiro atoms. The third-order valence-corrected chi connectivity index (χ3v) is 4.08. The Kier molecular flexibility index (Phi) is 4.14. The third-order valence-electron chi connectivity index (χ3n) is 4.08. The topological polar surface area (TPSA) is 83.6 Å². The van der Waals surface area contributed by atoms with Crippen LogP contribution in [0, 0.1) is 12.8 Å². The van der Waals surface area contributed by atoms with Gasteiger partial charge in [-0.1, -0.05) is 18.2 Å². The number of nitrogens with zero attached hydrogens (tertiary/aromatic N) is 2. The van der Waals surface area contributed by atoms with Crippen molar-refractivity contribution in [2.45, 2.75) is 19.8 Å². The first kappa shape index (κ1) is 15.3. The van der Waals surface area contributed by atoms with Crippen LogP contribution in [0.2, 0.25) is 0 Å². The molecule has 0 bridgehead atoms. The lowest BCUT2D eigenvalue weighted by Crippen LogP contribution is -2.42. The second-order valence-corrected chi connectivity index (χ2v) is 5.72. The maximum absolute atomic E-state index is 12.6. The van der Waals surface area contributed by atoms with Gasteiger partial charge in [-0.25, -0.2) is 4.98 Å². The molecule has 0 radical (unpaired) electrons. The zero-order valence-electron chi connectivity index (χ0n) is 12.9. The van der Waals surface area contributed by atoms with Crippen LogP contribution in [0.4, 0.5) is 0 Å². The minimum absolute atomic E-state index is 0.223. The van der Waals surface area contributed by atoms with E-state index in [2.05, 4.69) is 4.98 Å². The minimum atomic E-state index is -0.857. The molecule has 0 saturated carbocycles. The smallest absolute Gasteiger partial charge is 0.308 e. The number of benzene rings is 1. The number of aryl methyl sites for hydroxylation is 1. The van der Waals surface area contributed by atoms with Gasteiger partial charge in [0, 0.05) is 18.7 Å². The normalized spacial score (nSPS) is 18.0. The first-order chi connectivity index (χ1) is 11.1. The fourth-order valence-corrected chi connectivity index (χ4v) is 2.81. The molecular formula is C17H18N2O4. The summed E-state index contributed by atoms with van der Waals surface area (Å²) in [6.07, 6.45) is 1.29. The van der Waals surface area contributed by atoms with Gasteiger partial charge in [0.1, 0.15) is 5.76 Å². The Morgan fingerprint density at radius 3 is 2.74 bits per heavy atom. The molecule has 6 nitrogen and oxygen atoms in total. The molecule has 120 valence electrons. The molecule has 1 aromatic carbocycles. The fraction of sp³-hybridized carbons (Fsp3) is 0.353. The number of oxazole rings is 1. The van der Waals surface area contributed by atoms with Gasteiger partial charge in [0.15, 0.2) is 5.69 Å². The standard InChI is InChI=1S/C17H18N2O4/c1-11-14(18-15(23-11)12-6-3-2-4-7-12)16(20)19-9-5-8-13(10-19)17(21)22/h2-4,6-7,13H,5,8-10H2,1H3,(H,21,22). The first-order valence-corrected chi connectivity index (χ1v) is 7.61. The Labute approximate surface area is 133 Å². The summed E-state index contributed by atoms with van der Waals surface area (Å²) in [5, 5.41) is 9.14. The molecule has 1 aliphatic heterocycles. The molecule has 1 atom stereocenters. The van der Waals surface area contributed by atoms with Gasteiger partial charge in [-0.05, 0) is 31.9 Å². The third kappa shape index (κ3) is 3.11. The molecule has 1 fully saturated rings. The largest absolute Gasteiger partial charge is 0.481 e. The molecule has 1 amide bonds. The van der Waals surface area contributed by atoms with Crippen LogP contribution in [-0.2, 0) is 4.79 Å². The van der Waals surface area contributed by atoms with Gasteiger partial charge in [-0.3, -0.25) is 9.59 Å². The van der Waals surface area contributed by atoms with E-state index in [9.17, 15) is 9.59 Å². The molecule has 0 aliphatic carbocycles. The summed E-state index contributed by atoms with van der Waals surface area (Å²) in [7, 11) is 0. The summed E-state index contributed by atoms with van der Waals surface area (Å²) in [4.78, 5) is 29.7. The Hall–Kier alpha value is -2.63. The van der Waals surface area contributed by atoms with Crippen molar-refractivity contribution in [2.24, 2.45) is 5.92 Å². The SMILES string of the molecule is Cc1oc(-c2ccccc2)nc1C(=O)N1CCCC(C(=O)O)C1. The van der Waals surface area contributed by atoms with Crippen molar-refractivity contribution in [2.75, 3.05) is 13.1 Å². The van der Waals surface area contributed by atoms with Gasteiger partial charge >= 0.3 is 5.97 Å². The maximum atomic E-state index is 12.6. The Balaban J connectivity index is 1.83. The highest BCUT2D eigenvalue weighted by Gasteiger charge is 2.31. The van der Waals surface area contributed by atoms with Crippen LogP contribution in [0.1, 0.15) is 29.1 Å². The molecule has 2 aromatic rings. The van der Waals surface area contributed by atoms with Crippen molar-refractivity contribution >= 4 is 11.9 Å². The van der Waals surface area contributed by atoms with Crippen molar-refractivity contribution in [3.8, 4) is 11.5 Å². The molecule has 1 saturated heterocycles. The molecular weight excluding hydrogens is 296 g/mol. The number of amides is 1. The molecule has 1 aromatic heterocycles. The summed E-state index contributed by atoms with van der Waals surface area (Å²) in [5.74, 6) is -0.776. The van der Waals surface area contributed by atoms with Gasteiger partial charge in [-0.15, -0.1) is 0 Å². The summed E-state index contributed by atoms with van der Waals surface area (Å²) < 4.78 is 5.61. The molecule has 23 heavy (non-hydrogen) atoms. The predicted molar refractivity (Wildman–Crippen MR) is 82.9 cm³/mol. The average Bonchev–Trinajstić information content (AvgIpc) is 2.97. The number of rotatable bonds is 3. The fourth-order valence-electron chi connectivity index (χ4n) is 2.81. The Morgan fingerprint density at radius 1 is 1.30 bits per heavy atom. The van der Waals surface area contributed by atoms with Crippen LogP contribution in [0.25, 0.3) is 11.5 Å². The quantitative estimate of drug-likeness (QED) is 0.941. The number of aliphatic carboxylic acids is 1. The monoisotopic (exact) mass is 314 g/mol. The van der Waals surface area contributed by atoms with E-state index in [-0.39, 0.29) is 18.1 Å². The van der Waals surface area contributed by atoms with Crippen molar-refractivity contribution in [1.29, 1.82) is 0 Å². The summed E-state index contributed by atoms with van der Waals surface area (Å²) >= 11 is 0. The predicted octanol–water partition coefficient (Wildman–Crippen LogP) is 2.59. The summed E-state index contributed by atoms with van der Waals surface area (Å²) in [5.41, 5.74) is 1.06. The number of carbonyl (C=O) groups excluding carboxylic acids is 1. The highest BCUT2D eigenvalue weighted by atomic mass is 16.4. The number of carboxylic acids is 1. The number of likely N-dealkylation sites (tertiary alicyclic amines) is 1. The lowest BCUT2D eigenvalue weighted by molar-refractivity contribution is -0.143. The van der Waals surface area contributed by atoms with Crippen LogP contribution in [0.15, 0.2) is 34.7 Å². The molecule has 1 aliphatic rings. The molecule has 1 unspecified atom stereocenters. The van der Waals surface area contributed by atoms with E-state index in [1.807, 2.05) is 30.3 Å². The summed E-state index contributed by atoms with van der Waals surface area (Å²) in [6.45, 7) is 2.47. The van der Waals surface area contributed by atoms with Gasteiger partial charge < -0.3 is 14.4 Å². The number of hydrogen-bond acceptors (Lipinski definition) is 4. The lowest BCUT2D eigenvalue weighted by Gasteiger charge is -2.30. The van der Waals surface area contributed by atoms with Crippen LogP contribution in [0.3, 0.4) is 0 Å². The first-order valence-electron chi connectivity index (χ1n) is 7.61. The minimum Gasteiger partial charge on any atom is -0.481 e. The average molecular weight is 314 g/mol. The Morgan fingerprint density at radius 2 is 2.04 bits per heavy atom. The Bertz CT molecular complexity index is 723. The highest BCUT2D eigenvalue weighted by Crippen LogP contribution is 2.24. The lowest BCUT2D eigenvalue weighted by atomic mass is 9.98. The molecule has 1 N–H and O–H groups in total. The van der Waals surface area contributed by atoms with Crippen LogP contribution < -0.4 is 0 Å². The van der Waals surface area contributed by atoms with E-state index in [0.29, 0.717) is 31.0 Å². The van der Waals surface area contributed by atoms with Crippen molar-refractivity contribution < 1.29 is 19.1 Å². The van der Waals surface area contributed by atoms with Crippen molar-refractivity contribution in [1.82, 2.24) is 9.88 Å². The maximum Gasteiger partial charge on any atom is 0.308 e. The van der Waals surface area contributed by atoms with Gasteiger partial charge in [0.05, 0.1) is 5.92 Å². The number of piperidine rings is 1. The van der Waals surface area contributed by atoms with Crippen LogP contribution >= 0.6 is 0 Å². The van der Waals surface area contributed by atoms with Gasteiger partial charge in [0.2, 0.25) is 5.89 Å². The van der Waals surface area contributed by atoms with E-state index < -0.39 is 11.9 Å². The van der Waals surface area contributed by atoms with Gasteiger partial charge in [-0.2, -0.15) is 0 Å². The number of hydrogen-bond donors (Lipinski definition) is 1. The van der Waals surface area contributed by atoms with Crippen LogP contribution in [0.5, 0.6) is 0 Å². The number of carbonyl (C=O) groups is 2. The zero-order chi connectivity index (χ0) is 16.4. The van der Waals surface area contributed by atoms with E-state index in [1.165, 1.54) is 0 Å². The number of aromatic nitrogens is 1. The van der Waals surface area contributed by atoms with Crippen molar-refractivity contribution in [3.63, 3.8) is 0 Å². The second kappa shape index (κ2) is 6.24. The van der Waals surface area contributed by atoms with E-state index in [0.717, 1.165) is 5.56 Å². The summed E-state index contributed by atoms with van der Waals surface area (Å²) in [6, 6.07) is 9.36. The molecule has 6 heteroatoms. The van der Waals surface area contributed by atoms with Crippen molar-refractivity contribution in [3.05, 3.63) is 41.8 Å². The molecule has 3 rings (SSSR count). The second-order valence-electron chi connectivity index (χ2n) is 5.72. The van der Waals surface area contributed by atoms with E-state index in [4.69, 9.17) is 9.52 Å². The number of carboxylic acid groups (broad SMARTS) is 1. The van der Waals surface area contributed by atoms with E-state index >= 15 is 0 Å². The van der Waals surface area contributed by atoms with Crippen LogP contribution in [-0.4, -0.2) is 40.0 Å². The molecule has 2 heterocycles. The zero-order valence-corrected chi connectivity index (χ0v) is 12.9. The van der Waals surface area contributed by atoms with E-state index in [1.54, 1.807) is 11.8 Å². The van der Waals surface area contributed by atoms with Gasteiger partial charge in [0.25, 0.3) is 5.91 Å². The highest BCUT2D eigenvalue weighted by molar-refractivity contribution is 5.94.